The fourth-order valence-electron chi connectivity index (χ4n) is 3.55. The number of amides is 1. The van der Waals surface area contributed by atoms with E-state index in [0.29, 0.717) is 16.0 Å². The van der Waals surface area contributed by atoms with Gasteiger partial charge in [-0.2, -0.15) is 18.3 Å². The van der Waals surface area contributed by atoms with E-state index in [1.54, 1.807) is 24.3 Å². The number of aromatic nitrogens is 2. The highest BCUT2D eigenvalue weighted by Gasteiger charge is 2.47. The van der Waals surface area contributed by atoms with Crippen LogP contribution in [0.4, 0.5) is 29.1 Å². The highest BCUT2D eigenvalue weighted by molar-refractivity contribution is 6.36. The first-order valence-corrected chi connectivity index (χ1v) is 10.4. The van der Waals surface area contributed by atoms with E-state index in [4.69, 9.17) is 27.9 Å². The van der Waals surface area contributed by atoms with Crippen molar-refractivity contribution in [3.05, 3.63) is 69.6 Å². The topological polar surface area (TPSA) is 68.2 Å². The summed E-state index contributed by atoms with van der Waals surface area (Å²) in [6.45, 7) is 0. The number of methoxy groups -OCH3 is 1. The van der Waals surface area contributed by atoms with Crippen LogP contribution in [0.15, 0.2) is 42.5 Å². The Balaban J connectivity index is 1.68. The normalized spacial score (nSPS) is 17.8. The second kappa shape index (κ2) is 8.75. The molecule has 1 aromatic heterocycles. The minimum atomic E-state index is -4.64. The zero-order chi connectivity index (χ0) is 23.9. The van der Waals surface area contributed by atoms with Gasteiger partial charge in [0.15, 0.2) is 11.7 Å². The van der Waals surface area contributed by atoms with E-state index in [2.05, 4.69) is 15.7 Å². The molecule has 2 N–H and O–H groups in total. The third-order valence-corrected chi connectivity index (χ3v) is 5.85. The first kappa shape index (κ1) is 23.2. The Kier molecular flexibility index (Phi) is 6.15. The first-order valence-electron chi connectivity index (χ1n) is 9.60. The number of alkyl halides is 3. The van der Waals surface area contributed by atoms with Gasteiger partial charge in [-0.1, -0.05) is 35.3 Å². The molecule has 174 valence electrons. The number of hydrogen-bond donors (Lipinski definition) is 2. The number of nitrogens with zero attached hydrogens (tertiary/aromatic N) is 2. The van der Waals surface area contributed by atoms with Gasteiger partial charge in [0, 0.05) is 12.1 Å². The summed E-state index contributed by atoms with van der Waals surface area (Å²) in [5, 5.41) is 8.72. The molecule has 1 aliphatic rings. The van der Waals surface area contributed by atoms with Crippen LogP contribution in [0.5, 0.6) is 5.75 Å². The van der Waals surface area contributed by atoms with Crippen LogP contribution in [0, 0.1) is 5.82 Å². The summed E-state index contributed by atoms with van der Waals surface area (Å²) >= 11 is 12.0. The Morgan fingerprint density at radius 1 is 1.21 bits per heavy atom. The van der Waals surface area contributed by atoms with Gasteiger partial charge < -0.3 is 15.4 Å². The summed E-state index contributed by atoms with van der Waals surface area (Å²) in [6, 6.07) is 7.27. The molecule has 1 aliphatic heterocycles. The number of carbonyl (C=O) groups excluding carboxylic acids is 1. The van der Waals surface area contributed by atoms with Gasteiger partial charge in [-0.05, 0) is 35.9 Å². The van der Waals surface area contributed by atoms with Crippen molar-refractivity contribution in [3.8, 4) is 5.75 Å². The quantitative estimate of drug-likeness (QED) is 0.413. The smallest absolute Gasteiger partial charge is 0.410 e. The minimum Gasteiger partial charge on any atom is -0.497 e. The van der Waals surface area contributed by atoms with Gasteiger partial charge >= 0.3 is 6.18 Å². The van der Waals surface area contributed by atoms with Crippen LogP contribution in [-0.4, -0.2) is 29.0 Å². The molecule has 0 radical (unpaired) electrons. The minimum absolute atomic E-state index is 0.130. The van der Waals surface area contributed by atoms with E-state index >= 15 is 0 Å². The lowest BCUT2D eigenvalue weighted by Crippen LogP contribution is -2.35. The summed E-state index contributed by atoms with van der Waals surface area (Å²) in [6.07, 6.45) is -5.01. The molecule has 2 heterocycles. The number of anilines is 2. The van der Waals surface area contributed by atoms with Gasteiger partial charge in [0.05, 0.1) is 18.2 Å². The molecule has 33 heavy (non-hydrogen) atoms. The number of carbonyl (C=O) groups is 1. The first-order chi connectivity index (χ1) is 15.6. The third kappa shape index (κ3) is 4.58. The van der Waals surface area contributed by atoms with Crippen molar-refractivity contribution in [2.75, 3.05) is 17.7 Å². The average molecular weight is 503 g/mol. The zero-order valence-corrected chi connectivity index (χ0v) is 18.4. The molecule has 1 amide bonds. The highest BCUT2D eigenvalue weighted by Crippen LogP contribution is 2.46. The number of benzene rings is 2. The summed E-state index contributed by atoms with van der Waals surface area (Å²) in [4.78, 5) is 12.7. The molecule has 0 spiro atoms. The van der Waals surface area contributed by atoms with E-state index in [0.717, 1.165) is 12.1 Å². The third-order valence-electron chi connectivity index (χ3n) is 5.21. The van der Waals surface area contributed by atoms with Crippen LogP contribution in [-0.2, 0) is 0 Å². The maximum Gasteiger partial charge on any atom is 0.410 e. The maximum atomic E-state index is 13.9. The van der Waals surface area contributed by atoms with Crippen molar-refractivity contribution in [2.24, 2.45) is 0 Å². The molecule has 4 rings (SSSR count). The monoisotopic (exact) mass is 502 g/mol. The summed E-state index contributed by atoms with van der Waals surface area (Å²) in [7, 11) is 1.48. The van der Waals surface area contributed by atoms with Crippen molar-refractivity contribution in [1.29, 1.82) is 0 Å². The fraction of sp³-hybridized carbons (Fsp3) is 0.238. The van der Waals surface area contributed by atoms with Crippen molar-refractivity contribution in [1.82, 2.24) is 9.78 Å². The molecule has 0 saturated heterocycles. The van der Waals surface area contributed by atoms with Gasteiger partial charge in [0.25, 0.3) is 5.91 Å². The fourth-order valence-corrected chi connectivity index (χ4v) is 4.00. The molecule has 2 aromatic carbocycles. The van der Waals surface area contributed by atoms with Crippen molar-refractivity contribution >= 4 is 40.6 Å². The van der Waals surface area contributed by atoms with Gasteiger partial charge in [-0.25, -0.2) is 9.07 Å². The second-order valence-electron chi connectivity index (χ2n) is 7.30. The van der Waals surface area contributed by atoms with Crippen molar-refractivity contribution < 1.29 is 27.1 Å². The Labute approximate surface area is 195 Å². The maximum absolute atomic E-state index is 13.9. The molecule has 12 heteroatoms. The Bertz CT molecular complexity index is 1200. The lowest BCUT2D eigenvalue weighted by atomic mass is 9.97. The van der Waals surface area contributed by atoms with E-state index < -0.39 is 35.7 Å². The highest BCUT2D eigenvalue weighted by atomic mass is 35.5. The zero-order valence-electron chi connectivity index (χ0n) is 16.9. The summed E-state index contributed by atoms with van der Waals surface area (Å²) in [5.41, 5.74) is 0.301. The van der Waals surface area contributed by atoms with Gasteiger partial charge in [-0.3, -0.25) is 4.79 Å². The Morgan fingerprint density at radius 2 is 1.91 bits per heavy atom. The summed E-state index contributed by atoms with van der Waals surface area (Å²) in [5.74, 6) is -1.13. The van der Waals surface area contributed by atoms with Crippen molar-refractivity contribution in [2.45, 2.75) is 24.7 Å². The number of ether oxygens (including phenoxy) is 1. The molecule has 0 aliphatic carbocycles. The molecule has 2 atom stereocenters. The van der Waals surface area contributed by atoms with Crippen molar-refractivity contribution in [3.63, 3.8) is 0 Å². The van der Waals surface area contributed by atoms with Crippen LogP contribution in [0.1, 0.15) is 34.6 Å². The van der Waals surface area contributed by atoms with E-state index in [9.17, 15) is 22.4 Å². The second-order valence-corrected chi connectivity index (χ2v) is 8.09. The van der Waals surface area contributed by atoms with Gasteiger partial charge in [-0.15, -0.1) is 0 Å². The lowest BCUT2D eigenvalue weighted by Gasteiger charge is -2.33. The largest absolute Gasteiger partial charge is 0.497 e. The van der Waals surface area contributed by atoms with E-state index in [-0.39, 0.29) is 28.0 Å². The average Bonchev–Trinajstić information content (AvgIpc) is 3.11. The predicted octanol–water partition coefficient (Wildman–Crippen LogP) is 6.25. The lowest BCUT2D eigenvalue weighted by molar-refractivity contribution is -0.173. The summed E-state index contributed by atoms with van der Waals surface area (Å²) < 4.78 is 60.8. The molecule has 6 nitrogen and oxygen atoms in total. The van der Waals surface area contributed by atoms with Crippen LogP contribution in [0.2, 0.25) is 10.0 Å². The Morgan fingerprint density at radius 3 is 2.52 bits per heavy atom. The molecule has 0 bridgehead atoms. The van der Waals surface area contributed by atoms with Crippen LogP contribution in [0.3, 0.4) is 0 Å². The Hall–Kier alpha value is -2.98. The number of hydrogen-bond acceptors (Lipinski definition) is 4. The number of rotatable bonds is 4. The van der Waals surface area contributed by atoms with E-state index in [1.165, 1.54) is 13.2 Å². The van der Waals surface area contributed by atoms with Crippen LogP contribution in [0.25, 0.3) is 0 Å². The molecule has 0 fully saturated rings. The number of fused-ring (bicyclic) bond motifs is 1. The number of nitrogens with one attached hydrogen (secondary N) is 2. The van der Waals surface area contributed by atoms with Crippen LogP contribution >= 0.6 is 23.2 Å². The predicted molar refractivity (Wildman–Crippen MR) is 116 cm³/mol. The molecule has 3 aromatic rings. The number of halogens is 6. The van der Waals surface area contributed by atoms with Gasteiger partial charge in [0.2, 0.25) is 0 Å². The molecule has 0 saturated carbocycles. The van der Waals surface area contributed by atoms with Gasteiger partial charge in [0.1, 0.15) is 22.4 Å². The molecular weight excluding hydrogens is 487 g/mol. The molecule has 0 unspecified atom stereocenters. The standard InChI is InChI=1S/C21H16Cl2F4N4O2/c1-33-12-5-2-10(3-6-12)15-9-16(21(25,26)27)31-19(29-15)17(23)18(30-31)20(32)28-11-4-7-14(24)13(22)8-11/h2-8,15-16,29H,9H2,1H3,(H,28,32)/t15-,16+/m1/s1. The molecular formula is C21H16Cl2F4N4O2. The van der Waals surface area contributed by atoms with E-state index in [1.807, 2.05) is 0 Å². The van der Waals surface area contributed by atoms with Crippen LogP contribution < -0.4 is 15.4 Å². The SMILES string of the molecule is COc1ccc([C@H]2C[C@@H](C(F)(F)F)n3nc(C(=O)Nc4ccc(F)c(Cl)c4)c(Cl)c3N2)cc1.